The second kappa shape index (κ2) is 9.96. The molecule has 4 aromatic rings. The molecule has 0 fully saturated rings. The van der Waals surface area contributed by atoms with E-state index in [2.05, 4.69) is 24.3 Å². The van der Waals surface area contributed by atoms with E-state index in [0.29, 0.717) is 11.1 Å². The van der Waals surface area contributed by atoms with Crippen LogP contribution in [0, 0.1) is 0 Å². The number of carbonyl (C=O) groups is 1. The molecule has 0 spiro atoms. The van der Waals surface area contributed by atoms with Crippen molar-refractivity contribution >= 4 is 16.9 Å². The molecule has 0 unspecified atom stereocenters. The zero-order valence-electron chi connectivity index (χ0n) is 17.5. The fourth-order valence-corrected chi connectivity index (χ4v) is 5.43. The van der Waals surface area contributed by atoms with E-state index in [1.165, 1.54) is 12.1 Å². The van der Waals surface area contributed by atoms with Gasteiger partial charge in [0, 0.05) is 6.07 Å². The van der Waals surface area contributed by atoms with Crippen molar-refractivity contribution in [3.05, 3.63) is 126 Å². The van der Waals surface area contributed by atoms with Crippen LogP contribution in [-0.2, 0) is 28.4 Å². The average molecular weight is 466 g/mol. The van der Waals surface area contributed by atoms with Crippen LogP contribution < -0.4 is 0 Å². The van der Waals surface area contributed by atoms with Crippen LogP contribution in [0.25, 0.3) is 0 Å². The molecular formula is C27H20F3O2S+. The highest BCUT2D eigenvalue weighted by Crippen LogP contribution is 2.32. The van der Waals surface area contributed by atoms with E-state index in [-0.39, 0.29) is 6.61 Å². The smallest absolute Gasteiger partial charge is 0.416 e. The van der Waals surface area contributed by atoms with Crippen LogP contribution in [0.5, 0.6) is 0 Å². The van der Waals surface area contributed by atoms with Gasteiger partial charge in [-0.1, -0.05) is 54.6 Å². The Hall–Kier alpha value is -3.51. The summed E-state index contributed by atoms with van der Waals surface area (Å²) < 4.78 is 43.5. The second-order valence-electron chi connectivity index (χ2n) is 7.23. The summed E-state index contributed by atoms with van der Waals surface area (Å²) in [6, 6.07) is 32.0. The minimum atomic E-state index is -4.40. The zero-order valence-corrected chi connectivity index (χ0v) is 18.3. The number of rotatable bonds is 6. The Labute approximate surface area is 193 Å². The first-order valence-electron chi connectivity index (χ1n) is 10.2. The van der Waals surface area contributed by atoms with Crippen molar-refractivity contribution in [1.82, 2.24) is 0 Å². The normalized spacial score (nSPS) is 11.4. The lowest BCUT2D eigenvalue weighted by atomic mass is 10.1. The summed E-state index contributed by atoms with van der Waals surface area (Å²) in [5.41, 5.74) is 0.142. The standard InChI is InChI=1S/C27H20F3O2S/c28-27(29,30)22-16-14-20(15-17-22)19-32-26(31)21-8-7-13-25(18-21)33(23-9-3-1-4-10-23)24-11-5-2-6-12-24/h1-18H,19H2/q+1. The molecule has 33 heavy (non-hydrogen) atoms. The molecule has 4 aromatic carbocycles. The van der Waals surface area contributed by atoms with Gasteiger partial charge in [-0.2, -0.15) is 13.2 Å². The van der Waals surface area contributed by atoms with Crippen LogP contribution in [0.2, 0.25) is 0 Å². The Morgan fingerprint density at radius 2 is 1.24 bits per heavy atom. The van der Waals surface area contributed by atoms with Crippen LogP contribution in [-0.4, -0.2) is 5.97 Å². The summed E-state index contributed by atoms with van der Waals surface area (Å²) in [7, 11) is -0.407. The minimum Gasteiger partial charge on any atom is -0.457 e. The molecule has 166 valence electrons. The number of hydrogen-bond acceptors (Lipinski definition) is 2. The molecule has 0 radical (unpaired) electrons. The molecule has 0 aromatic heterocycles. The second-order valence-corrected chi connectivity index (χ2v) is 9.26. The van der Waals surface area contributed by atoms with Crippen molar-refractivity contribution in [2.45, 2.75) is 27.5 Å². The number of benzene rings is 4. The summed E-state index contributed by atoms with van der Waals surface area (Å²) in [6.45, 7) is -0.107. The van der Waals surface area contributed by atoms with Gasteiger partial charge in [-0.15, -0.1) is 0 Å². The average Bonchev–Trinajstić information content (AvgIpc) is 2.84. The van der Waals surface area contributed by atoms with Crippen LogP contribution in [0.4, 0.5) is 13.2 Å². The van der Waals surface area contributed by atoms with E-state index in [9.17, 15) is 18.0 Å². The first-order chi connectivity index (χ1) is 15.9. The van der Waals surface area contributed by atoms with E-state index in [1.54, 1.807) is 6.07 Å². The van der Waals surface area contributed by atoms with Gasteiger partial charge in [0.2, 0.25) is 0 Å². The summed E-state index contributed by atoms with van der Waals surface area (Å²) in [5.74, 6) is -0.526. The first-order valence-corrected chi connectivity index (χ1v) is 11.4. The molecule has 0 bridgehead atoms. The molecule has 0 N–H and O–H groups in total. The topological polar surface area (TPSA) is 26.3 Å². The van der Waals surface area contributed by atoms with Crippen LogP contribution in [0.15, 0.2) is 124 Å². The van der Waals surface area contributed by atoms with Crippen molar-refractivity contribution in [3.8, 4) is 0 Å². The van der Waals surface area contributed by atoms with Gasteiger partial charge in [0.1, 0.15) is 6.61 Å². The highest BCUT2D eigenvalue weighted by atomic mass is 32.2. The Kier molecular flexibility index (Phi) is 6.84. The Bertz CT molecular complexity index is 1170. The molecule has 0 saturated heterocycles. The Morgan fingerprint density at radius 3 is 1.79 bits per heavy atom. The summed E-state index contributed by atoms with van der Waals surface area (Å²) >= 11 is 0. The number of esters is 1. The van der Waals surface area contributed by atoms with E-state index >= 15 is 0 Å². The minimum absolute atomic E-state index is 0.107. The third-order valence-corrected chi connectivity index (χ3v) is 7.13. The SMILES string of the molecule is O=C(OCc1ccc(C(F)(F)F)cc1)c1cccc([S+](c2ccccc2)c2ccccc2)c1. The van der Waals surface area contributed by atoms with Crippen molar-refractivity contribution in [1.29, 1.82) is 0 Å². The lowest BCUT2D eigenvalue weighted by molar-refractivity contribution is -0.137. The molecule has 2 nitrogen and oxygen atoms in total. The van der Waals surface area contributed by atoms with Gasteiger partial charge in [-0.3, -0.25) is 0 Å². The molecule has 0 atom stereocenters. The molecule has 4 rings (SSSR count). The summed E-state index contributed by atoms with van der Waals surface area (Å²) in [5, 5.41) is 0. The number of hydrogen-bond donors (Lipinski definition) is 0. The largest absolute Gasteiger partial charge is 0.457 e. The lowest BCUT2D eigenvalue weighted by Crippen LogP contribution is -2.09. The quantitative estimate of drug-likeness (QED) is 0.223. The molecule has 0 saturated carbocycles. The van der Waals surface area contributed by atoms with Gasteiger partial charge in [-0.25, -0.2) is 4.79 Å². The number of ether oxygens (including phenoxy) is 1. The van der Waals surface area contributed by atoms with Gasteiger partial charge < -0.3 is 4.74 Å². The molecule has 0 amide bonds. The van der Waals surface area contributed by atoms with Gasteiger partial charge in [0.15, 0.2) is 14.7 Å². The Balaban J connectivity index is 1.54. The van der Waals surface area contributed by atoms with Crippen molar-refractivity contribution < 1.29 is 22.7 Å². The van der Waals surface area contributed by atoms with Crippen molar-refractivity contribution in [3.63, 3.8) is 0 Å². The highest BCUT2D eigenvalue weighted by molar-refractivity contribution is 7.97. The monoisotopic (exact) mass is 465 g/mol. The van der Waals surface area contributed by atoms with Crippen molar-refractivity contribution in [2.75, 3.05) is 0 Å². The molecule has 6 heteroatoms. The van der Waals surface area contributed by atoms with Crippen LogP contribution in [0.1, 0.15) is 21.5 Å². The molecule has 0 aliphatic rings. The fourth-order valence-electron chi connectivity index (χ4n) is 3.29. The molecule has 0 aliphatic heterocycles. The fraction of sp³-hybridized carbons (Fsp3) is 0.0741. The third kappa shape index (κ3) is 5.65. The molecule has 0 heterocycles. The van der Waals surface area contributed by atoms with Crippen LogP contribution in [0.3, 0.4) is 0 Å². The number of carbonyl (C=O) groups excluding carboxylic acids is 1. The maximum atomic E-state index is 12.7. The maximum Gasteiger partial charge on any atom is 0.416 e. The lowest BCUT2D eigenvalue weighted by Gasteiger charge is -2.10. The predicted molar refractivity (Wildman–Crippen MR) is 122 cm³/mol. The zero-order chi connectivity index (χ0) is 23.3. The third-order valence-electron chi connectivity index (χ3n) is 4.91. The molecular weight excluding hydrogens is 445 g/mol. The molecule has 0 aliphatic carbocycles. The van der Waals surface area contributed by atoms with Gasteiger partial charge in [-0.05, 0) is 54.1 Å². The van der Waals surface area contributed by atoms with E-state index in [1.807, 2.05) is 54.6 Å². The first kappa shape index (κ1) is 22.7. The maximum absolute atomic E-state index is 12.7. The van der Waals surface area contributed by atoms with Gasteiger partial charge in [0.25, 0.3) is 0 Å². The number of halogens is 3. The van der Waals surface area contributed by atoms with Crippen LogP contribution >= 0.6 is 0 Å². The van der Waals surface area contributed by atoms with E-state index in [4.69, 9.17) is 4.74 Å². The predicted octanol–water partition coefficient (Wildman–Crippen LogP) is 7.16. The summed E-state index contributed by atoms with van der Waals surface area (Å²) in [4.78, 5) is 15.9. The Morgan fingerprint density at radius 1 is 0.697 bits per heavy atom. The van der Waals surface area contributed by atoms with Gasteiger partial charge >= 0.3 is 12.1 Å². The highest BCUT2D eigenvalue weighted by Gasteiger charge is 2.30. The van der Waals surface area contributed by atoms with E-state index < -0.39 is 28.6 Å². The van der Waals surface area contributed by atoms with Crippen molar-refractivity contribution in [2.24, 2.45) is 0 Å². The van der Waals surface area contributed by atoms with E-state index in [0.717, 1.165) is 26.8 Å². The van der Waals surface area contributed by atoms with Gasteiger partial charge in [0.05, 0.1) is 22.0 Å². The number of alkyl halides is 3. The summed E-state index contributed by atoms with van der Waals surface area (Å²) in [6.07, 6.45) is -4.40.